The zero-order chi connectivity index (χ0) is 42.7. The molecule has 0 amide bonds. The van der Waals surface area contributed by atoms with Crippen LogP contribution in [0.3, 0.4) is 0 Å². The second kappa shape index (κ2) is 17.4. The third-order valence-electron chi connectivity index (χ3n) is 12.9. The summed E-state index contributed by atoms with van der Waals surface area (Å²) >= 11 is 0. The zero-order valence-corrected chi connectivity index (χ0v) is 35.6. The first-order valence-electron chi connectivity index (χ1n) is 22.3. The van der Waals surface area contributed by atoms with Gasteiger partial charge in [0.05, 0.1) is 0 Å². The first-order valence-corrected chi connectivity index (χ1v) is 22.3. The molecule has 2 aliphatic rings. The predicted octanol–water partition coefficient (Wildman–Crippen LogP) is 13.7. The van der Waals surface area contributed by atoms with Gasteiger partial charge in [0.25, 0.3) is 0 Å². The highest BCUT2D eigenvalue weighted by molar-refractivity contribution is 7.10. The van der Waals surface area contributed by atoms with Crippen LogP contribution in [0.5, 0.6) is 0 Å². The first kappa shape index (κ1) is 39.0. The van der Waals surface area contributed by atoms with E-state index in [9.17, 15) is 0 Å². The third-order valence-corrected chi connectivity index (χ3v) is 12.9. The van der Waals surface area contributed by atoms with E-state index in [0.717, 1.165) is 0 Å². The van der Waals surface area contributed by atoms with Crippen LogP contribution in [0.4, 0.5) is 0 Å². The number of hydrogen-bond acceptors (Lipinski definition) is 0. The van der Waals surface area contributed by atoms with Crippen molar-refractivity contribution in [2.24, 2.45) is 0 Å². The van der Waals surface area contributed by atoms with Crippen LogP contribution >= 0.6 is 0 Å². The Hall–Kier alpha value is -7.93. The van der Waals surface area contributed by atoms with E-state index < -0.39 is 0 Å². The molecule has 64 heavy (non-hydrogen) atoms. The van der Waals surface area contributed by atoms with Crippen molar-refractivity contribution < 1.29 is 0 Å². The third kappa shape index (κ3) is 7.14. The summed E-state index contributed by atoms with van der Waals surface area (Å²) in [5, 5.41) is 0. The second-order valence-electron chi connectivity index (χ2n) is 16.6. The van der Waals surface area contributed by atoms with Crippen LogP contribution in [0.2, 0.25) is 0 Å². The van der Waals surface area contributed by atoms with Gasteiger partial charge in [-0.05, 0) is 66.8 Å². The van der Waals surface area contributed by atoms with Gasteiger partial charge in [-0.15, -0.1) is 0 Å². The largest absolute Gasteiger partial charge is 0.244 e. The molecule has 9 aromatic rings. The molecule has 0 unspecified atom stereocenters. The maximum Gasteiger partial charge on any atom is 0.244 e. The molecule has 2 aliphatic heterocycles. The van der Waals surface area contributed by atoms with Gasteiger partial charge >= 0.3 is 0 Å². The molecule has 0 nitrogen and oxygen atoms in total. The minimum Gasteiger partial charge on any atom is -0.0717 e. The fourth-order valence-electron chi connectivity index (χ4n) is 10.3. The molecule has 0 atom stereocenters. The molecule has 0 saturated carbocycles. The number of hydrogen-bond donors (Lipinski definition) is 0. The molecule has 11 rings (SSSR count). The molecule has 0 fully saturated rings. The molecule has 2 heteroatoms. The quantitative estimate of drug-likeness (QED) is 0.121. The van der Waals surface area contributed by atoms with E-state index in [1.807, 2.05) is 0 Å². The highest BCUT2D eigenvalue weighted by Crippen LogP contribution is 2.52. The van der Waals surface area contributed by atoms with Crippen molar-refractivity contribution in [2.75, 3.05) is 0 Å². The summed E-state index contributed by atoms with van der Waals surface area (Å²) in [6, 6.07) is 98.1. The summed E-state index contributed by atoms with van der Waals surface area (Å²) in [4.78, 5) is 0. The normalized spacial score (nSPS) is 13.9. The topological polar surface area (TPSA) is 0 Å². The Kier molecular flexibility index (Phi) is 10.6. The summed E-state index contributed by atoms with van der Waals surface area (Å²) in [5.41, 5.74) is 22.7. The van der Waals surface area contributed by atoms with Gasteiger partial charge in [0, 0.05) is 0 Å². The van der Waals surface area contributed by atoms with Gasteiger partial charge in [-0.1, -0.05) is 300 Å². The number of rotatable bonds is 10. The Morgan fingerprint density at radius 3 is 0.562 bits per heavy atom. The Balaban J connectivity index is 1.24. The van der Waals surface area contributed by atoms with Gasteiger partial charge in [0.1, 0.15) is 0 Å². The molecule has 0 saturated heterocycles. The monoisotopic (exact) mass is 810 g/mol. The molecule has 0 spiro atoms. The maximum absolute atomic E-state index is 2.54. The average molecular weight is 811 g/mol. The summed E-state index contributed by atoms with van der Waals surface area (Å²) in [6.45, 7) is -0.154. The predicted molar refractivity (Wildman–Crippen MR) is 276 cm³/mol. The van der Waals surface area contributed by atoms with Crippen molar-refractivity contribution in [1.29, 1.82) is 0 Å². The lowest BCUT2D eigenvalue weighted by Gasteiger charge is -2.23. The van der Waals surface area contributed by atoms with Crippen LogP contribution in [-0.4, -0.2) is 13.4 Å². The molecule has 0 N–H and O–H groups in total. The Bertz CT molecular complexity index is 2780. The summed E-state index contributed by atoms with van der Waals surface area (Å²) in [5.74, 6) is 0. The molecular formula is C62H44B2. The van der Waals surface area contributed by atoms with E-state index >= 15 is 0 Å². The highest BCUT2D eigenvalue weighted by Gasteiger charge is 2.43. The zero-order valence-electron chi connectivity index (χ0n) is 35.6. The fraction of sp³-hybridized carbons (Fsp3) is 0. The van der Waals surface area contributed by atoms with Gasteiger partial charge in [-0.3, -0.25) is 0 Å². The molecule has 2 heterocycles. The first-order chi connectivity index (χ1) is 31.8. The maximum atomic E-state index is 2.54. The lowest BCUT2D eigenvalue weighted by molar-refractivity contribution is 1.58. The molecule has 9 aromatic carbocycles. The van der Waals surface area contributed by atoms with Crippen LogP contribution in [-0.2, 0) is 0 Å². The number of benzene rings is 9. The minimum absolute atomic E-state index is 0.0768. The van der Waals surface area contributed by atoms with Gasteiger partial charge in [-0.25, -0.2) is 0 Å². The average Bonchev–Trinajstić information content (AvgIpc) is 3.94. The van der Waals surface area contributed by atoms with E-state index in [1.54, 1.807) is 0 Å². The second-order valence-corrected chi connectivity index (χ2v) is 16.6. The fourth-order valence-corrected chi connectivity index (χ4v) is 10.3. The van der Waals surface area contributed by atoms with Crippen LogP contribution < -0.4 is 10.9 Å². The van der Waals surface area contributed by atoms with E-state index in [0.29, 0.717) is 0 Å². The summed E-state index contributed by atoms with van der Waals surface area (Å²) < 4.78 is 0. The van der Waals surface area contributed by atoms with E-state index in [1.165, 1.54) is 99.6 Å². The van der Waals surface area contributed by atoms with Crippen LogP contribution in [0.25, 0.3) is 44.2 Å². The van der Waals surface area contributed by atoms with Crippen molar-refractivity contribution in [3.8, 4) is 0 Å². The molecular weight excluding hydrogens is 766 g/mol. The van der Waals surface area contributed by atoms with Gasteiger partial charge in [0.15, 0.2) is 0 Å². The van der Waals surface area contributed by atoms with Gasteiger partial charge in [0.2, 0.25) is 13.4 Å². The van der Waals surface area contributed by atoms with Crippen molar-refractivity contribution in [3.63, 3.8) is 0 Å². The lowest BCUT2D eigenvalue weighted by Crippen LogP contribution is -2.39. The smallest absolute Gasteiger partial charge is 0.0717 e. The Morgan fingerprint density at radius 2 is 0.359 bits per heavy atom. The Morgan fingerprint density at radius 1 is 0.172 bits per heavy atom. The van der Waals surface area contributed by atoms with Crippen LogP contribution in [0.1, 0.15) is 44.5 Å². The molecule has 298 valence electrons. The molecule has 0 aliphatic carbocycles. The lowest BCUT2D eigenvalue weighted by atomic mass is 9.32. The van der Waals surface area contributed by atoms with E-state index in [2.05, 4.69) is 267 Å². The Labute approximate surface area is 378 Å². The SMILES string of the molecule is c1ccc(C2=C(c3ccccc3)C(c3ccccc3)=C(c3ccccc3)B2c2cccc(B3C(c4ccccc4)=C(c4ccccc4)C(c4ccccc4)=C3c3ccccc3)c2)cc1. The van der Waals surface area contributed by atoms with E-state index in [4.69, 9.17) is 0 Å². The molecule has 0 aromatic heterocycles. The van der Waals surface area contributed by atoms with Crippen molar-refractivity contribution in [1.82, 2.24) is 0 Å². The van der Waals surface area contributed by atoms with E-state index in [-0.39, 0.29) is 13.4 Å². The summed E-state index contributed by atoms with van der Waals surface area (Å²) in [6.07, 6.45) is 0. The van der Waals surface area contributed by atoms with Crippen LogP contribution in [0, 0.1) is 0 Å². The minimum atomic E-state index is -0.0768. The number of allylic oxidation sites excluding steroid dienone is 4. The molecule has 0 radical (unpaired) electrons. The summed E-state index contributed by atoms with van der Waals surface area (Å²) in [7, 11) is 0. The molecule has 0 bridgehead atoms. The van der Waals surface area contributed by atoms with Crippen LogP contribution in [0.15, 0.2) is 267 Å². The van der Waals surface area contributed by atoms with Crippen molar-refractivity contribution in [3.05, 3.63) is 311 Å². The van der Waals surface area contributed by atoms with Crippen molar-refractivity contribution >= 4 is 68.5 Å². The standard InChI is InChI=1S/C62H44B2/c1-9-26-45(27-10-1)55-56(46-28-11-2-12-29-46)60(50-36-19-6-20-37-50)63(59(55)49-34-17-5-18-35-49)53-42-25-43-54(44-53)64-61(51-38-21-7-22-39-51)57(47-30-13-3-14-31-47)58(48-32-15-4-16-33-48)62(64)52-40-23-8-24-41-52/h1-44H. The van der Waals surface area contributed by atoms with Gasteiger partial charge in [-0.2, -0.15) is 0 Å². The van der Waals surface area contributed by atoms with Crippen molar-refractivity contribution in [2.45, 2.75) is 0 Å². The highest BCUT2D eigenvalue weighted by atomic mass is 14.3. The van der Waals surface area contributed by atoms with Gasteiger partial charge < -0.3 is 0 Å².